The van der Waals surface area contributed by atoms with Crippen LogP contribution < -0.4 is 5.32 Å². The molecule has 6 heteroatoms. The van der Waals surface area contributed by atoms with Crippen LogP contribution in [0.1, 0.15) is 31.5 Å². The minimum absolute atomic E-state index is 0.166. The fourth-order valence-corrected chi connectivity index (χ4v) is 1.44. The molecular formula is C11H14F4N2. The molecule has 0 aromatic carbocycles. The van der Waals surface area contributed by atoms with Crippen molar-refractivity contribution >= 4 is 0 Å². The molecule has 0 aliphatic rings. The molecule has 0 saturated carbocycles. The van der Waals surface area contributed by atoms with Gasteiger partial charge in [-0.25, -0.2) is 4.39 Å². The van der Waals surface area contributed by atoms with Gasteiger partial charge in [0, 0.05) is 12.6 Å². The number of aromatic nitrogens is 1. The number of rotatable bonds is 5. The first-order chi connectivity index (χ1) is 7.92. The molecule has 1 N–H and O–H groups in total. The second kappa shape index (κ2) is 5.95. The lowest BCUT2D eigenvalue weighted by atomic mass is 10.1. The molecule has 0 aliphatic heterocycles. The monoisotopic (exact) mass is 250 g/mol. The Morgan fingerprint density at radius 1 is 1.35 bits per heavy atom. The summed E-state index contributed by atoms with van der Waals surface area (Å²) in [6.07, 6.45) is -3.40. The van der Waals surface area contributed by atoms with Gasteiger partial charge in [-0.05, 0) is 18.6 Å². The highest BCUT2D eigenvalue weighted by Gasteiger charge is 2.26. The summed E-state index contributed by atoms with van der Waals surface area (Å²) in [5, 5.41) is 2.76. The van der Waals surface area contributed by atoms with E-state index in [2.05, 4.69) is 10.3 Å². The molecule has 1 atom stereocenters. The highest BCUT2D eigenvalue weighted by atomic mass is 19.4. The highest BCUT2D eigenvalue weighted by Crippen LogP contribution is 2.20. The predicted octanol–water partition coefficient (Wildman–Crippen LogP) is 3.21. The maximum absolute atomic E-state index is 12.6. The molecule has 1 unspecified atom stereocenters. The molecule has 96 valence electrons. The molecule has 0 aliphatic carbocycles. The van der Waals surface area contributed by atoms with E-state index < -0.39 is 18.4 Å². The Balaban J connectivity index is 2.51. The molecule has 1 aromatic rings. The molecular weight excluding hydrogens is 236 g/mol. The average Bonchev–Trinajstić information content (AvgIpc) is 2.24. The first kappa shape index (κ1) is 13.9. The van der Waals surface area contributed by atoms with Gasteiger partial charge in [0.05, 0.1) is 18.3 Å². The van der Waals surface area contributed by atoms with E-state index in [4.69, 9.17) is 0 Å². The molecule has 1 aromatic heterocycles. The Morgan fingerprint density at radius 3 is 2.53 bits per heavy atom. The molecule has 2 nitrogen and oxygen atoms in total. The number of hydrogen-bond donors (Lipinski definition) is 1. The zero-order valence-corrected chi connectivity index (χ0v) is 9.39. The van der Waals surface area contributed by atoms with Crippen molar-refractivity contribution in [1.29, 1.82) is 0 Å². The van der Waals surface area contributed by atoms with Crippen LogP contribution in [-0.4, -0.2) is 17.7 Å². The van der Waals surface area contributed by atoms with Crippen molar-refractivity contribution in [3.63, 3.8) is 0 Å². The molecule has 17 heavy (non-hydrogen) atoms. The zero-order valence-electron chi connectivity index (χ0n) is 9.39. The van der Waals surface area contributed by atoms with Crippen LogP contribution in [-0.2, 0) is 0 Å². The van der Waals surface area contributed by atoms with E-state index in [0.717, 1.165) is 6.20 Å². The minimum Gasteiger partial charge on any atom is -0.308 e. The Bertz CT molecular complexity index is 334. The SMILES string of the molecule is CCC(NCCC(F)(F)F)c1ccc(F)cn1. The molecule has 0 bridgehead atoms. The predicted molar refractivity (Wildman–Crippen MR) is 55.9 cm³/mol. The van der Waals surface area contributed by atoms with E-state index in [1.807, 2.05) is 6.92 Å². The van der Waals surface area contributed by atoms with Crippen LogP contribution in [0.4, 0.5) is 17.6 Å². The third kappa shape index (κ3) is 5.12. The Labute approximate surface area is 97.1 Å². The van der Waals surface area contributed by atoms with E-state index in [0.29, 0.717) is 12.1 Å². The largest absolute Gasteiger partial charge is 0.390 e. The second-order valence-electron chi connectivity index (χ2n) is 3.68. The highest BCUT2D eigenvalue weighted by molar-refractivity contribution is 5.09. The van der Waals surface area contributed by atoms with Crippen molar-refractivity contribution in [2.24, 2.45) is 0 Å². The second-order valence-corrected chi connectivity index (χ2v) is 3.68. The molecule has 0 saturated heterocycles. The van der Waals surface area contributed by atoms with Gasteiger partial charge in [0.1, 0.15) is 5.82 Å². The van der Waals surface area contributed by atoms with Gasteiger partial charge in [0.15, 0.2) is 0 Å². The number of alkyl halides is 3. The summed E-state index contributed by atoms with van der Waals surface area (Å²) in [5.41, 5.74) is 0.552. The summed E-state index contributed by atoms with van der Waals surface area (Å²) in [4.78, 5) is 3.85. The number of halogens is 4. The fourth-order valence-electron chi connectivity index (χ4n) is 1.44. The Morgan fingerprint density at radius 2 is 2.06 bits per heavy atom. The van der Waals surface area contributed by atoms with Gasteiger partial charge >= 0.3 is 6.18 Å². The molecule has 1 rings (SSSR count). The van der Waals surface area contributed by atoms with Crippen molar-refractivity contribution in [3.8, 4) is 0 Å². The van der Waals surface area contributed by atoms with E-state index in [-0.39, 0.29) is 12.6 Å². The van der Waals surface area contributed by atoms with Crippen LogP contribution in [0.2, 0.25) is 0 Å². The van der Waals surface area contributed by atoms with Crippen LogP contribution in [0.15, 0.2) is 18.3 Å². The summed E-state index contributed by atoms with van der Waals surface area (Å²) in [6.45, 7) is 1.66. The maximum atomic E-state index is 12.6. The van der Waals surface area contributed by atoms with Crippen LogP contribution >= 0.6 is 0 Å². The quantitative estimate of drug-likeness (QED) is 0.812. The fraction of sp³-hybridized carbons (Fsp3) is 0.545. The first-order valence-corrected chi connectivity index (χ1v) is 5.34. The molecule has 0 radical (unpaired) electrons. The van der Waals surface area contributed by atoms with Crippen molar-refractivity contribution in [2.75, 3.05) is 6.54 Å². The van der Waals surface area contributed by atoms with Gasteiger partial charge in [0.2, 0.25) is 0 Å². The van der Waals surface area contributed by atoms with Gasteiger partial charge in [-0.2, -0.15) is 13.2 Å². The van der Waals surface area contributed by atoms with E-state index in [1.165, 1.54) is 12.1 Å². The summed E-state index contributed by atoms with van der Waals surface area (Å²) >= 11 is 0. The van der Waals surface area contributed by atoms with Crippen molar-refractivity contribution in [3.05, 3.63) is 29.8 Å². The topological polar surface area (TPSA) is 24.9 Å². The van der Waals surface area contributed by atoms with E-state index in [1.54, 1.807) is 0 Å². The van der Waals surface area contributed by atoms with Crippen LogP contribution in [0.5, 0.6) is 0 Å². The van der Waals surface area contributed by atoms with E-state index in [9.17, 15) is 17.6 Å². The number of hydrogen-bond acceptors (Lipinski definition) is 2. The Hall–Kier alpha value is -1.17. The lowest BCUT2D eigenvalue weighted by Gasteiger charge is -2.17. The van der Waals surface area contributed by atoms with Crippen molar-refractivity contribution in [2.45, 2.75) is 32.0 Å². The van der Waals surface area contributed by atoms with Gasteiger partial charge in [-0.1, -0.05) is 6.92 Å². The maximum Gasteiger partial charge on any atom is 0.390 e. The normalized spacial score (nSPS) is 13.7. The minimum atomic E-state index is -4.17. The van der Waals surface area contributed by atoms with Crippen LogP contribution in [0, 0.1) is 5.82 Å². The molecule has 0 amide bonds. The van der Waals surface area contributed by atoms with Gasteiger partial charge in [0.25, 0.3) is 0 Å². The lowest BCUT2D eigenvalue weighted by Crippen LogP contribution is -2.26. The average molecular weight is 250 g/mol. The third-order valence-electron chi connectivity index (χ3n) is 2.31. The van der Waals surface area contributed by atoms with E-state index >= 15 is 0 Å². The van der Waals surface area contributed by atoms with Crippen LogP contribution in [0.3, 0.4) is 0 Å². The van der Waals surface area contributed by atoms with Gasteiger partial charge < -0.3 is 5.32 Å². The van der Waals surface area contributed by atoms with Crippen molar-refractivity contribution < 1.29 is 17.6 Å². The summed E-state index contributed by atoms with van der Waals surface area (Å²) < 4.78 is 48.5. The number of pyridine rings is 1. The zero-order chi connectivity index (χ0) is 12.9. The smallest absolute Gasteiger partial charge is 0.308 e. The van der Waals surface area contributed by atoms with Gasteiger partial charge in [-0.15, -0.1) is 0 Å². The lowest BCUT2D eigenvalue weighted by molar-refractivity contribution is -0.133. The summed E-state index contributed by atoms with van der Waals surface area (Å²) in [5.74, 6) is -0.459. The standard InChI is InChI=1S/C11H14F4N2/c1-2-9(16-6-5-11(13,14)15)10-4-3-8(12)7-17-10/h3-4,7,9,16H,2,5-6H2,1H3. The summed E-state index contributed by atoms with van der Waals surface area (Å²) in [7, 11) is 0. The summed E-state index contributed by atoms with van der Waals surface area (Å²) in [6, 6.07) is 2.44. The number of nitrogens with zero attached hydrogens (tertiary/aromatic N) is 1. The third-order valence-corrected chi connectivity index (χ3v) is 2.31. The molecule has 0 spiro atoms. The number of nitrogens with one attached hydrogen (secondary N) is 1. The molecule has 1 heterocycles. The molecule has 0 fully saturated rings. The van der Waals surface area contributed by atoms with Crippen molar-refractivity contribution in [1.82, 2.24) is 10.3 Å². The Kier molecular flexibility index (Phi) is 4.86. The van der Waals surface area contributed by atoms with Gasteiger partial charge in [-0.3, -0.25) is 4.98 Å². The first-order valence-electron chi connectivity index (χ1n) is 5.34. The van der Waals surface area contributed by atoms with Crippen LogP contribution in [0.25, 0.3) is 0 Å².